The molecule has 1 atom stereocenters. The molecule has 0 saturated carbocycles. The van der Waals surface area contributed by atoms with Crippen LogP contribution in [0.2, 0.25) is 0 Å². The van der Waals surface area contributed by atoms with E-state index >= 15 is 0 Å². The van der Waals surface area contributed by atoms with Gasteiger partial charge in [-0.2, -0.15) is 0 Å². The van der Waals surface area contributed by atoms with Crippen LogP contribution in [0.5, 0.6) is 0 Å². The highest BCUT2D eigenvalue weighted by Gasteiger charge is 2.26. The van der Waals surface area contributed by atoms with E-state index in [0.717, 1.165) is 25.9 Å². The largest absolute Gasteiger partial charge is 0.383 e. The van der Waals surface area contributed by atoms with E-state index in [2.05, 4.69) is 11.9 Å². The van der Waals surface area contributed by atoms with Crippen LogP contribution in [-0.2, 0) is 9.53 Å². The average Bonchev–Trinajstić information content (AvgIpc) is 2.28. The fourth-order valence-corrected chi connectivity index (χ4v) is 2.07. The molecule has 0 aromatic rings. The summed E-state index contributed by atoms with van der Waals surface area (Å²) in [4.78, 5) is 16.0. The zero-order chi connectivity index (χ0) is 12.1. The number of carbonyl (C=O) groups is 1. The minimum atomic E-state index is -0.533. The maximum atomic E-state index is 11.9. The van der Waals surface area contributed by atoms with Gasteiger partial charge < -0.3 is 20.3 Å². The summed E-state index contributed by atoms with van der Waals surface area (Å²) in [5.74, 6) is -0.0172. The Morgan fingerprint density at radius 1 is 1.56 bits per heavy atom. The first-order valence-electron chi connectivity index (χ1n) is 5.76. The van der Waals surface area contributed by atoms with Gasteiger partial charge in [-0.05, 0) is 33.0 Å². The molecule has 94 valence electrons. The van der Waals surface area contributed by atoms with Crippen molar-refractivity contribution < 1.29 is 9.53 Å². The lowest BCUT2D eigenvalue weighted by atomic mass is 10.0. The first kappa shape index (κ1) is 13.4. The Morgan fingerprint density at radius 2 is 2.12 bits per heavy atom. The molecule has 1 rings (SSSR count). The van der Waals surface area contributed by atoms with Gasteiger partial charge in [0, 0.05) is 20.2 Å². The Balaban J connectivity index is 2.44. The van der Waals surface area contributed by atoms with E-state index in [9.17, 15) is 4.79 Å². The van der Waals surface area contributed by atoms with Crippen LogP contribution in [-0.4, -0.2) is 68.7 Å². The van der Waals surface area contributed by atoms with Gasteiger partial charge in [-0.25, -0.2) is 0 Å². The number of carbonyl (C=O) groups excluding carboxylic acids is 1. The number of nitrogens with two attached hydrogens (primary N) is 1. The van der Waals surface area contributed by atoms with Crippen molar-refractivity contribution in [3.63, 3.8) is 0 Å². The summed E-state index contributed by atoms with van der Waals surface area (Å²) in [5.41, 5.74) is 5.74. The highest BCUT2D eigenvalue weighted by Crippen LogP contribution is 2.14. The standard InChI is InChI=1S/C11H23N3O2/c1-13-6-4-9(5-7-13)14(2)11(15)10(12)8-16-3/h9-10H,4-8,12H2,1-3H3. The van der Waals surface area contributed by atoms with E-state index in [1.165, 1.54) is 0 Å². The smallest absolute Gasteiger partial charge is 0.241 e. The Hall–Kier alpha value is -0.650. The third-order valence-electron chi connectivity index (χ3n) is 3.25. The molecule has 0 aliphatic carbocycles. The second-order valence-corrected chi connectivity index (χ2v) is 4.55. The number of rotatable bonds is 4. The normalized spacial score (nSPS) is 20.8. The molecule has 2 N–H and O–H groups in total. The van der Waals surface area contributed by atoms with E-state index in [-0.39, 0.29) is 12.5 Å². The van der Waals surface area contributed by atoms with Gasteiger partial charge in [-0.15, -0.1) is 0 Å². The van der Waals surface area contributed by atoms with E-state index in [4.69, 9.17) is 10.5 Å². The van der Waals surface area contributed by atoms with Crippen molar-refractivity contribution in [1.82, 2.24) is 9.80 Å². The van der Waals surface area contributed by atoms with Crippen LogP contribution in [0.15, 0.2) is 0 Å². The number of likely N-dealkylation sites (N-methyl/N-ethyl adjacent to an activating group) is 1. The Labute approximate surface area is 97.5 Å². The average molecular weight is 229 g/mol. The number of likely N-dealkylation sites (tertiary alicyclic amines) is 1. The number of nitrogens with zero attached hydrogens (tertiary/aromatic N) is 2. The van der Waals surface area contributed by atoms with Crippen LogP contribution < -0.4 is 5.73 Å². The van der Waals surface area contributed by atoms with E-state index in [0.29, 0.717) is 6.04 Å². The fourth-order valence-electron chi connectivity index (χ4n) is 2.07. The second kappa shape index (κ2) is 6.18. The van der Waals surface area contributed by atoms with Gasteiger partial charge >= 0.3 is 0 Å². The number of methoxy groups -OCH3 is 1. The van der Waals surface area contributed by atoms with Gasteiger partial charge in [0.15, 0.2) is 0 Å². The summed E-state index contributed by atoms with van der Waals surface area (Å²) >= 11 is 0. The van der Waals surface area contributed by atoms with Crippen molar-refractivity contribution >= 4 is 5.91 Å². The molecule has 0 aromatic heterocycles. The topological polar surface area (TPSA) is 58.8 Å². The predicted molar refractivity (Wildman–Crippen MR) is 63.1 cm³/mol. The third kappa shape index (κ3) is 3.43. The SMILES string of the molecule is COCC(N)C(=O)N(C)C1CCN(C)CC1. The number of hydrogen-bond donors (Lipinski definition) is 1. The molecule has 1 aliphatic rings. The minimum absolute atomic E-state index is 0.0172. The van der Waals surface area contributed by atoms with Crippen molar-refractivity contribution in [2.75, 3.05) is 40.9 Å². The predicted octanol–water partition coefficient (Wildman–Crippen LogP) is -0.487. The third-order valence-corrected chi connectivity index (χ3v) is 3.25. The van der Waals surface area contributed by atoms with Crippen LogP contribution >= 0.6 is 0 Å². The number of ether oxygens (including phenoxy) is 1. The molecular weight excluding hydrogens is 206 g/mol. The highest BCUT2D eigenvalue weighted by atomic mass is 16.5. The molecule has 1 aliphatic heterocycles. The Bertz CT molecular complexity index is 227. The lowest BCUT2D eigenvalue weighted by Gasteiger charge is -2.36. The first-order valence-corrected chi connectivity index (χ1v) is 5.76. The van der Waals surface area contributed by atoms with Crippen molar-refractivity contribution in [2.24, 2.45) is 5.73 Å². The molecule has 0 bridgehead atoms. The van der Waals surface area contributed by atoms with Gasteiger partial charge in [-0.3, -0.25) is 4.79 Å². The van der Waals surface area contributed by atoms with Crippen molar-refractivity contribution in [1.29, 1.82) is 0 Å². The monoisotopic (exact) mass is 229 g/mol. The molecule has 16 heavy (non-hydrogen) atoms. The van der Waals surface area contributed by atoms with Gasteiger partial charge in [0.2, 0.25) is 5.91 Å². The quantitative estimate of drug-likeness (QED) is 0.707. The molecule has 1 amide bonds. The molecule has 0 spiro atoms. The van der Waals surface area contributed by atoms with Crippen LogP contribution in [0.4, 0.5) is 0 Å². The molecule has 1 saturated heterocycles. The van der Waals surface area contributed by atoms with Gasteiger partial charge in [0.25, 0.3) is 0 Å². The van der Waals surface area contributed by atoms with E-state index in [1.807, 2.05) is 7.05 Å². The number of amides is 1. The van der Waals surface area contributed by atoms with Crippen LogP contribution in [0.1, 0.15) is 12.8 Å². The van der Waals surface area contributed by atoms with Gasteiger partial charge in [0.05, 0.1) is 6.61 Å². The molecule has 1 unspecified atom stereocenters. The van der Waals surface area contributed by atoms with Gasteiger partial charge in [-0.1, -0.05) is 0 Å². The zero-order valence-electron chi connectivity index (χ0n) is 10.5. The van der Waals surface area contributed by atoms with Crippen LogP contribution in [0.3, 0.4) is 0 Å². The second-order valence-electron chi connectivity index (χ2n) is 4.55. The van der Waals surface area contributed by atoms with Crippen molar-refractivity contribution in [3.05, 3.63) is 0 Å². The summed E-state index contributed by atoms with van der Waals surface area (Å²) in [6.07, 6.45) is 2.05. The van der Waals surface area contributed by atoms with Crippen molar-refractivity contribution in [2.45, 2.75) is 24.9 Å². The van der Waals surface area contributed by atoms with Crippen LogP contribution in [0, 0.1) is 0 Å². The molecule has 1 fully saturated rings. The van der Waals surface area contributed by atoms with Gasteiger partial charge in [0.1, 0.15) is 6.04 Å². The molecule has 5 heteroatoms. The number of piperidine rings is 1. The number of hydrogen-bond acceptors (Lipinski definition) is 4. The molecule has 5 nitrogen and oxygen atoms in total. The van der Waals surface area contributed by atoms with E-state index in [1.54, 1.807) is 12.0 Å². The van der Waals surface area contributed by atoms with E-state index < -0.39 is 6.04 Å². The fraction of sp³-hybridized carbons (Fsp3) is 0.909. The maximum absolute atomic E-state index is 11.9. The summed E-state index contributed by atoms with van der Waals surface area (Å²) in [6.45, 7) is 2.37. The highest BCUT2D eigenvalue weighted by molar-refractivity contribution is 5.81. The van der Waals surface area contributed by atoms with Crippen molar-refractivity contribution in [3.8, 4) is 0 Å². The molecule has 0 aromatic carbocycles. The Morgan fingerprint density at radius 3 is 2.62 bits per heavy atom. The van der Waals surface area contributed by atoms with Crippen LogP contribution in [0.25, 0.3) is 0 Å². The molecule has 0 radical (unpaired) electrons. The first-order chi connectivity index (χ1) is 7.56. The lowest BCUT2D eigenvalue weighted by Crippen LogP contribution is -2.51. The maximum Gasteiger partial charge on any atom is 0.241 e. The molecular formula is C11H23N3O2. The summed E-state index contributed by atoms with van der Waals surface area (Å²) in [7, 11) is 5.51. The summed E-state index contributed by atoms with van der Waals surface area (Å²) in [6, 6.07) is -0.207. The minimum Gasteiger partial charge on any atom is -0.383 e. The zero-order valence-corrected chi connectivity index (χ0v) is 10.5. The summed E-state index contributed by atoms with van der Waals surface area (Å²) in [5, 5.41) is 0. The molecule has 1 heterocycles. The lowest BCUT2D eigenvalue weighted by molar-refractivity contribution is -0.135. The summed E-state index contributed by atoms with van der Waals surface area (Å²) < 4.78 is 4.90. The Kier molecular flexibility index (Phi) is 5.18.